The van der Waals surface area contributed by atoms with E-state index in [0.717, 1.165) is 48.5 Å². The highest BCUT2D eigenvalue weighted by Crippen LogP contribution is 2.36. The number of nitrogens with zero attached hydrogens (tertiary/aromatic N) is 6. The molecule has 7 heteroatoms. The molecule has 0 radical (unpaired) electrons. The third-order valence-corrected chi connectivity index (χ3v) is 5.18. The average molecular weight is 336 g/mol. The van der Waals surface area contributed by atoms with Crippen LogP contribution in [0.15, 0.2) is 41.5 Å². The Morgan fingerprint density at radius 2 is 1.92 bits per heavy atom. The van der Waals surface area contributed by atoms with E-state index in [9.17, 15) is 0 Å². The predicted octanol–water partition coefficient (Wildman–Crippen LogP) is 2.65. The van der Waals surface area contributed by atoms with E-state index >= 15 is 0 Å². The summed E-state index contributed by atoms with van der Waals surface area (Å²) >= 11 is 0. The summed E-state index contributed by atoms with van der Waals surface area (Å²) in [7, 11) is 0. The van der Waals surface area contributed by atoms with E-state index in [2.05, 4.69) is 30.0 Å². The molecule has 5 rings (SSSR count). The van der Waals surface area contributed by atoms with Crippen molar-refractivity contribution in [2.24, 2.45) is 0 Å². The van der Waals surface area contributed by atoms with Crippen LogP contribution in [0.25, 0.3) is 11.0 Å². The molecule has 1 saturated heterocycles. The summed E-state index contributed by atoms with van der Waals surface area (Å²) in [6.07, 6.45) is 11.6. The Bertz CT molecular complexity index is 854. The smallest absolute Gasteiger partial charge is 0.195 e. The summed E-state index contributed by atoms with van der Waals surface area (Å²) < 4.78 is 5.62. The van der Waals surface area contributed by atoms with Crippen molar-refractivity contribution in [3.05, 3.63) is 37.1 Å². The second kappa shape index (κ2) is 5.98. The third kappa shape index (κ3) is 2.69. The Kier molecular flexibility index (Phi) is 3.50. The number of furan rings is 1. The van der Waals surface area contributed by atoms with E-state index in [-0.39, 0.29) is 0 Å². The minimum atomic E-state index is 0.516. The zero-order chi connectivity index (χ0) is 16.6. The molecule has 0 unspecified atom stereocenters. The molecule has 0 N–H and O–H groups in total. The molecule has 0 atom stereocenters. The highest BCUT2D eigenvalue weighted by molar-refractivity contribution is 5.86. The summed E-state index contributed by atoms with van der Waals surface area (Å²) in [5, 5.41) is 9.45. The SMILES string of the molecule is c1cc(N(C2CC2)C2CCN(c3nncc4ccoc34)CC2)ncn1. The lowest BCUT2D eigenvalue weighted by atomic mass is 10.0. The van der Waals surface area contributed by atoms with Gasteiger partial charge in [-0.1, -0.05) is 0 Å². The van der Waals surface area contributed by atoms with Crippen LogP contribution in [0.4, 0.5) is 11.6 Å². The molecule has 2 aliphatic rings. The third-order valence-electron chi connectivity index (χ3n) is 5.18. The van der Waals surface area contributed by atoms with Crippen LogP contribution in [0.3, 0.4) is 0 Å². The van der Waals surface area contributed by atoms with Crippen LogP contribution in [0, 0.1) is 0 Å². The summed E-state index contributed by atoms with van der Waals surface area (Å²) in [5.74, 6) is 1.92. The molecule has 128 valence electrons. The fraction of sp³-hybridized carbons (Fsp3) is 0.444. The van der Waals surface area contributed by atoms with Crippen molar-refractivity contribution < 1.29 is 4.42 Å². The van der Waals surface area contributed by atoms with Gasteiger partial charge in [-0.2, -0.15) is 5.10 Å². The van der Waals surface area contributed by atoms with Crippen molar-refractivity contribution >= 4 is 22.6 Å². The first-order valence-electron chi connectivity index (χ1n) is 8.88. The Labute approximate surface area is 145 Å². The molecule has 3 aromatic heterocycles. The number of hydrogen-bond donors (Lipinski definition) is 0. The maximum Gasteiger partial charge on any atom is 0.195 e. The molecule has 3 aromatic rings. The number of fused-ring (bicyclic) bond motifs is 1. The lowest BCUT2D eigenvalue weighted by Gasteiger charge is -2.39. The van der Waals surface area contributed by atoms with Crippen molar-refractivity contribution in [1.29, 1.82) is 0 Å². The molecule has 2 fully saturated rings. The van der Waals surface area contributed by atoms with Crippen LogP contribution in [0.2, 0.25) is 0 Å². The molecule has 1 saturated carbocycles. The number of piperidine rings is 1. The largest absolute Gasteiger partial charge is 0.460 e. The molecule has 1 aliphatic carbocycles. The molecule has 4 heterocycles. The van der Waals surface area contributed by atoms with E-state index in [4.69, 9.17) is 4.42 Å². The lowest BCUT2D eigenvalue weighted by molar-refractivity contribution is 0.456. The molecular weight excluding hydrogens is 316 g/mol. The van der Waals surface area contributed by atoms with Gasteiger partial charge in [0.2, 0.25) is 0 Å². The molecule has 0 amide bonds. The normalized spacial score (nSPS) is 18.6. The first kappa shape index (κ1) is 14.6. The Morgan fingerprint density at radius 3 is 2.68 bits per heavy atom. The molecule has 7 nitrogen and oxygen atoms in total. The second-order valence-corrected chi connectivity index (χ2v) is 6.80. The van der Waals surface area contributed by atoms with Crippen LogP contribution in [0.5, 0.6) is 0 Å². The van der Waals surface area contributed by atoms with Crippen molar-refractivity contribution in [2.45, 2.75) is 37.8 Å². The van der Waals surface area contributed by atoms with Gasteiger partial charge in [0.25, 0.3) is 0 Å². The lowest BCUT2D eigenvalue weighted by Crippen LogP contribution is -2.46. The number of hydrogen-bond acceptors (Lipinski definition) is 7. The fourth-order valence-corrected chi connectivity index (χ4v) is 3.82. The van der Waals surface area contributed by atoms with Crippen molar-refractivity contribution in [2.75, 3.05) is 22.9 Å². The zero-order valence-electron chi connectivity index (χ0n) is 14.0. The Balaban J connectivity index is 1.35. The first-order chi connectivity index (χ1) is 12.4. The Hall–Kier alpha value is -2.70. The van der Waals surface area contributed by atoms with Gasteiger partial charge in [0.15, 0.2) is 11.4 Å². The van der Waals surface area contributed by atoms with Crippen molar-refractivity contribution in [3.8, 4) is 0 Å². The number of rotatable bonds is 4. The van der Waals surface area contributed by atoms with Gasteiger partial charge in [-0.15, -0.1) is 5.10 Å². The quantitative estimate of drug-likeness (QED) is 0.725. The van der Waals surface area contributed by atoms with Crippen LogP contribution in [-0.2, 0) is 0 Å². The second-order valence-electron chi connectivity index (χ2n) is 6.80. The minimum absolute atomic E-state index is 0.516. The van der Waals surface area contributed by atoms with Gasteiger partial charge in [-0.05, 0) is 37.8 Å². The van der Waals surface area contributed by atoms with Gasteiger partial charge < -0.3 is 14.2 Å². The Morgan fingerprint density at radius 1 is 1.08 bits per heavy atom. The topological polar surface area (TPSA) is 71.2 Å². The average Bonchev–Trinajstić information content (AvgIpc) is 3.38. The molecule has 1 aliphatic heterocycles. The first-order valence-corrected chi connectivity index (χ1v) is 8.88. The molecular formula is C18H20N6O. The predicted molar refractivity (Wildman–Crippen MR) is 94.6 cm³/mol. The van der Waals surface area contributed by atoms with Gasteiger partial charge in [-0.25, -0.2) is 9.97 Å². The maximum atomic E-state index is 5.62. The monoisotopic (exact) mass is 336 g/mol. The molecule has 0 aromatic carbocycles. The van der Waals surface area contributed by atoms with Gasteiger partial charge in [0.05, 0.1) is 12.5 Å². The summed E-state index contributed by atoms with van der Waals surface area (Å²) in [6.45, 7) is 1.90. The molecule has 0 bridgehead atoms. The highest BCUT2D eigenvalue weighted by atomic mass is 16.3. The van der Waals surface area contributed by atoms with Crippen LogP contribution < -0.4 is 9.80 Å². The zero-order valence-corrected chi connectivity index (χ0v) is 14.0. The molecule has 25 heavy (non-hydrogen) atoms. The van der Waals surface area contributed by atoms with E-state index in [1.165, 1.54) is 12.8 Å². The van der Waals surface area contributed by atoms with E-state index in [0.29, 0.717) is 12.1 Å². The number of aromatic nitrogens is 4. The standard InChI is InChI=1S/C18H20N6O/c1-2-14(1)24(16-3-7-19-12-20-16)15-4-8-23(9-5-15)18-17-13(6-10-25-17)11-21-22-18/h3,6-7,10-12,14-15H,1-2,4-5,8-9H2. The maximum absolute atomic E-state index is 5.62. The number of anilines is 2. The summed E-state index contributed by atoms with van der Waals surface area (Å²) in [4.78, 5) is 13.4. The van der Waals surface area contributed by atoms with Gasteiger partial charge in [0.1, 0.15) is 12.1 Å². The molecule has 0 spiro atoms. The van der Waals surface area contributed by atoms with Crippen LogP contribution in [-0.4, -0.2) is 45.3 Å². The van der Waals surface area contributed by atoms with Gasteiger partial charge in [0, 0.05) is 36.8 Å². The van der Waals surface area contributed by atoms with Gasteiger partial charge in [-0.3, -0.25) is 0 Å². The van der Waals surface area contributed by atoms with E-state index in [1.54, 1.807) is 18.8 Å². The van der Waals surface area contributed by atoms with E-state index in [1.807, 2.05) is 18.3 Å². The summed E-state index contributed by atoms with van der Waals surface area (Å²) in [6, 6.07) is 5.12. The van der Waals surface area contributed by atoms with Crippen molar-refractivity contribution in [1.82, 2.24) is 20.2 Å². The van der Waals surface area contributed by atoms with Crippen molar-refractivity contribution in [3.63, 3.8) is 0 Å². The minimum Gasteiger partial charge on any atom is -0.460 e. The fourth-order valence-electron chi connectivity index (χ4n) is 3.82. The van der Waals surface area contributed by atoms with E-state index < -0.39 is 0 Å². The van der Waals surface area contributed by atoms with Crippen LogP contribution >= 0.6 is 0 Å². The van der Waals surface area contributed by atoms with Gasteiger partial charge >= 0.3 is 0 Å². The summed E-state index contributed by atoms with van der Waals surface area (Å²) in [5.41, 5.74) is 0.836. The highest BCUT2D eigenvalue weighted by Gasteiger charge is 2.36. The van der Waals surface area contributed by atoms with Crippen LogP contribution in [0.1, 0.15) is 25.7 Å².